The number of primary sulfonamides is 1. The molecule has 0 saturated heterocycles. The van der Waals surface area contributed by atoms with Gasteiger partial charge in [0.2, 0.25) is 10.0 Å². The van der Waals surface area contributed by atoms with E-state index in [9.17, 15) is 8.42 Å². The van der Waals surface area contributed by atoms with Crippen LogP contribution in [-0.4, -0.2) is 35.2 Å². The maximum absolute atomic E-state index is 11.4. The lowest BCUT2D eigenvalue weighted by molar-refractivity contribution is 0.183. The number of methoxy groups -OCH3 is 1. The van der Waals surface area contributed by atoms with E-state index in [1.165, 1.54) is 6.07 Å². The molecule has 0 aliphatic carbocycles. The molecule has 0 aromatic heterocycles. The van der Waals surface area contributed by atoms with E-state index >= 15 is 0 Å². The molecule has 0 bridgehead atoms. The zero-order valence-corrected chi connectivity index (χ0v) is 11.6. The third kappa shape index (κ3) is 3.12. The molecule has 0 heterocycles. The number of sulfonamides is 1. The molecular formula is C11H19N3O3S. The van der Waals surface area contributed by atoms with Crippen LogP contribution in [0, 0.1) is 0 Å². The summed E-state index contributed by atoms with van der Waals surface area (Å²) in [5.41, 5.74) is 6.64. The van der Waals surface area contributed by atoms with Crippen LogP contribution in [0.1, 0.15) is 6.92 Å². The molecule has 0 saturated carbocycles. The Hall–Kier alpha value is -1.31. The normalized spacial score (nSPS) is 13.3. The van der Waals surface area contributed by atoms with Gasteiger partial charge < -0.3 is 15.4 Å². The van der Waals surface area contributed by atoms with Crippen LogP contribution in [0.2, 0.25) is 0 Å². The molecule has 1 atom stereocenters. The second-order valence-corrected chi connectivity index (χ2v) is 5.68. The van der Waals surface area contributed by atoms with E-state index in [4.69, 9.17) is 15.6 Å². The topological polar surface area (TPSA) is 98.6 Å². The van der Waals surface area contributed by atoms with E-state index in [0.717, 1.165) is 0 Å². The first-order chi connectivity index (χ1) is 8.29. The molecule has 1 aromatic carbocycles. The van der Waals surface area contributed by atoms with Crippen LogP contribution in [0.3, 0.4) is 0 Å². The van der Waals surface area contributed by atoms with Gasteiger partial charge in [0.1, 0.15) is 4.90 Å². The molecular weight excluding hydrogens is 254 g/mol. The van der Waals surface area contributed by atoms with Gasteiger partial charge in [-0.1, -0.05) is 6.07 Å². The lowest BCUT2D eigenvalue weighted by atomic mass is 10.2. The van der Waals surface area contributed by atoms with Gasteiger partial charge in [-0.2, -0.15) is 0 Å². The highest BCUT2D eigenvalue weighted by Crippen LogP contribution is 2.29. The summed E-state index contributed by atoms with van der Waals surface area (Å²) in [6.45, 7) is 2.46. The Kier molecular flexibility index (Phi) is 4.55. The van der Waals surface area contributed by atoms with Crippen molar-refractivity contribution in [3.05, 3.63) is 18.2 Å². The van der Waals surface area contributed by atoms with Crippen LogP contribution in [0.25, 0.3) is 0 Å². The van der Waals surface area contributed by atoms with Crippen LogP contribution >= 0.6 is 0 Å². The van der Waals surface area contributed by atoms with Crippen molar-refractivity contribution < 1.29 is 13.2 Å². The Morgan fingerprint density at radius 2 is 2.06 bits per heavy atom. The molecule has 0 amide bonds. The fraction of sp³-hybridized carbons (Fsp3) is 0.455. The fourth-order valence-electron chi connectivity index (χ4n) is 1.68. The second-order valence-electron chi connectivity index (χ2n) is 4.15. The number of para-hydroxylation sites is 1. The molecule has 0 aliphatic heterocycles. The number of ether oxygens (including phenoxy) is 1. The molecule has 1 rings (SSSR count). The summed E-state index contributed by atoms with van der Waals surface area (Å²) in [6, 6.07) is 4.81. The van der Waals surface area contributed by atoms with E-state index in [0.29, 0.717) is 12.3 Å². The highest BCUT2D eigenvalue weighted by molar-refractivity contribution is 7.89. The molecule has 0 spiro atoms. The van der Waals surface area contributed by atoms with Crippen molar-refractivity contribution in [2.24, 2.45) is 5.14 Å². The Bertz CT molecular complexity index is 516. The van der Waals surface area contributed by atoms with Crippen molar-refractivity contribution in [1.29, 1.82) is 0 Å². The van der Waals surface area contributed by atoms with Gasteiger partial charge >= 0.3 is 0 Å². The van der Waals surface area contributed by atoms with Crippen LogP contribution < -0.4 is 15.8 Å². The number of anilines is 2. The Labute approximate surface area is 108 Å². The number of rotatable bonds is 5. The van der Waals surface area contributed by atoms with Crippen LogP contribution in [0.5, 0.6) is 0 Å². The maximum atomic E-state index is 11.4. The first-order valence-corrected chi connectivity index (χ1v) is 6.96. The smallest absolute Gasteiger partial charge is 0.240 e. The van der Waals surface area contributed by atoms with Crippen molar-refractivity contribution in [2.45, 2.75) is 17.9 Å². The third-order valence-electron chi connectivity index (χ3n) is 2.80. The fourth-order valence-corrected chi connectivity index (χ4v) is 2.36. The third-order valence-corrected chi connectivity index (χ3v) is 3.77. The molecule has 0 aliphatic rings. The lowest BCUT2D eigenvalue weighted by Gasteiger charge is -2.28. The van der Waals surface area contributed by atoms with Gasteiger partial charge in [-0.15, -0.1) is 0 Å². The molecule has 102 valence electrons. The number of nitrogen functional groups attached to an aromatic ring is 1. The Morgan fingerprint density at radius 1 is 1.44 bits per heavy atom. The lowest BCUT2D eigenvalue weighted by Crippen LogP contribution is -2.33. The summed E-state index contributed by atoms with van der Waals surface area (Å²) in [5.74, 6) is 0. The quantitative estimate of drug-likeness (QED) is 0.756. The minimum atomic E-state index is -3.81. The predicted octanol–water partition coefficient (Wildman–Crippen LogP) is 0.387. The number of hydrogen-bond acceptors (Lipinski definition) is 5. The molecule has 4 N–H and O–H groups in total. The van der Waals surface area contributed by atoms with Crippen LogP contribution in [-0.2, 0) is 14.8 Å². The molecule has 7 heteroatoms. The van der Waals surface area contributed by atoms with E-state index in [2.05, 4.69) is 0 Å². The maximum Gasteiger partial charge on any atom is 0.240 e. The SMILES string of the molecule is COCC(C)N(C)c1cccc(S(N)(=O)=O)c1N. The first kappa shape index (κ1) is 14.7. The molecule has 0 fully saturated rings. The first-order valence-electron chi connectivity index (χ1n) is 5.42. The van der Waals surface area contributed by atoms with Gasteiger partial charge in [0, 0.05) is 20.2 Å². The summed E-state index contributed by atoms with van der Waals surface area (Å²) in [5, 5.41) is 5.11. The Morgan fingerprint density at radius 3 is 2.56 bits per heavy atom. The number of nitrogens with two attached hydrogens (primary N) is 2. The van der Waals surface area contributed by atoms with Crippen molar-refractivity contribution >= 4 is 21.4 Å². The van der Waals surface area contributed by atoms with E-state index < -0.39 is 10.0 Å². The van der Waals surface area contributed by atoms with Crippen molar-refractivity contribution in [1.82, 2.24) is 0 Å². The van der Waals surface area contributed by atoms with E-state index in [-0.39, 0.29) is 16.6 Å². The minimum Gasteiger partial charge on any atom is -0.396 e. The number of nitrogens with zero attached hydrogens (tertiary/aromatic N) is 1. The summed E-state index contributed by atoms with van der Waals surface area (Å²) < 4.78 is 27.8. The molecule has 0 radical (unpaired) electrons. The van der Waals surface area contributed by atoms with Gasteiger partial charge in [0.25, 0.3) is 0 Å². The number of benzene rings is 1. The summed E-state index contributed by atoms with van der Waals surface area (Å²) >= 11 is 0. The monoisotopic (exact) mass is 273 g/mol. The van der Waals surface area contributed by atoms with Gasteiger partial charge in [-0.05, 0) is 19.1 Å². The molecule has 6 nitrogen and oxygen atoms in total. The van der Waals surface area contributed by atoms with Gasteiger partial charge in [0.05, 0.1) is 18.0 Å². The Balaban J connectivity index is 3.19. The minimum absolute atomic E-state index is 0.0588. The zero-order valence-electron chi connectivity index (χ0n) is 10.8. The second kappa shape index (κ2) is 5.55. The van der Waals surface area contributed by atoms with Gasteiger partial charge in [-0.25, -0.2) is 13.6 Å². The average Bonchev–Trinajstić information content (AvgIpc) is 2.27. The van der Waals surface area contributed by atoms with Crippen LogP contribution in [0.15, 0.2) is 23.1 Å². The van der Waals surface area contributed by atoms with E-state index in [1.807, 2.05) is 18.9 Å². The summed E-state index contributed by atoms with van der Waals surface area (Å²) in [6.07, 6.45) is 0. The highest BCUT2D eigenvalue weighted by atomic mass is 32.2. The summed E-state index contributed by atoms with van der Waals surface area (Å²) in [4.78, 5) is 1.80. The zero-order chi connectivity index (χ0) is 13.9. The standard InChI is InChI=1S/C11H19N3O3S/c1-8(7-17-3)14(2)9-5-4-6-10(11(9)12)18(13,15)16/h4-6,8H,7,12H2,1-3H3,(H2,13,15,16). The molecule has 18 heavy (non-hydrogen) atoms. The summed E-state index contributed by atoms with van der Waals surface area (Å²) in [7, 11) is -0.383. The van der Waals surface area contributed by atoms with Crippen molar-refractivity contribution in [2.75, 3.05) is 31.4 Å². The van der Waals surface area contributed by atoms with E-state index in [1.54, 1.807) is 19.2 Å². The van der Waals surface area contributed by atoms with Gasteiger partial charge in [0.15, 0.2) is 0 Å². The largest absolute Gasteiger partial charge is 0.396 e. The van der Waals surface area contributed by atoms with Crippen LogP contribution in [0.4, 0.5) is 11.4 Å². The predicted molar refractivity (Wildman–Crippen MR) is 72.0 cm³/mol. The highest BCUT2D eigenvalue weighted by Gasteiger charge is 2.18. The number of likely N-dealkylation sites (N-methyl/N-ethyl adjacent to an activating group) is 1. The average molecular weight is 273 g/mol. The molecule has 1 unspecified atom stereocenters. The number of hydrogen-bond donors (Lipinski definition) is 2. The van der Waals surface area contributed by atoms with Crippen molar-refractivity contribution in [3.63, 3.8) is 0 Å². The molecule has 1 aromatic rings. The van der Waals surface area contributed by atoms with Crippen molar-refractivity contribution in [3.8, 4) is 0 Å². The van der Waals surface area contributed by atoms with Gasteiger partial charge in [-0.3, -0.25) is 0 Å².